The molecule has 7 nitrogen and oxygen atoms in total. The van der Waals surface area contributed by atoms with Crippen LogP contribution in [0.4, 0.5) is 16.2 Å². The number of nitrogens with zero attached hydrogens (tertiary/aromatic N) is 3. The van der Waals surface area contributed by atoms with Crippen LogP contribution in [0.3, 0.4) is 0 Å². The lowest BCUT2D eigenvalue weighted by atomic mass is 10.0. The van der Waals surface area contributed by atoms with Gasteiger partial charge in [0.05, 0.1) is 23.3 Å². The van der Waals surface area contributed by atoms with Crippen LogP contribution in [0.1, 0.15) is 26.5 Å². The predicted octanol–water partition coefficient (Wildman–Crippen LogP) is 4.27. The molecule has 1 aromatic carbocycles. The second-order valence-corrected chi connectivity index (χ2v) is 7.24. The molecule has 0 fully saturated rings. The average Bonchev–Trinajstić information content (AvgIpc) is 3.03. The van der Waals surface area contributed by atoms with Crippen molar-refractivity contribution in [3.8, 4) is 0 Å². The summed E-state index contributed by atoms with van der Waals surface area (Å²) in [6.45, 7) is 5.39. The summed E-state index contributed by atoms with van der Waals surface area (Å²) in [4.78, 5) is 29.7. The van der Waals surface area contributed by atoms with Gasteiger partial charge in [-0.15, -0.1) is 0 Å². The number of carbonyl (C=O) groups is 2. The number of hydrogen-bond donors (Lipinski definition) is 2. The van der Waals surface area contributed by atoms with Crippen LogP contribution in [0.2, 0.25) is 0 Å². The normalized spacial score (nSPS) is 11.7. The van der Waals surface area contributed by atoms with Crippen LogP contribution in [-0.4, -0.2) is 32.0 Å². The molecule has 0 spiro atoms. The lowest BCUT2D eigenvalue weighted by Crippen LogP contribution is -2.45. The Balaban J connectivity index is 1.84. The average molecular weight is 378 g/mol. The van der Waals surface area contributed by atoms with Gasteiger partial charge in [-0.3, -0.25) is 9.69 Å². The fourth-order valence-corrected chi connectivity index (χ4v) is 2.94. The van der Waals surface area contributed by atoms with Crippen LogP contribution in [0.25, 0.3) is 11.7 Å². The van der Waals surface area contributed by atoms with E-state index in [2.05, 4.69) is 10.3 Å². The first-order valence-electron chi connectivity index (χ1n) is 8.81. The smallest absolute Gasteiger partial charge is 0.412 e. The first-order chi connectivity index (χ1) is 13.3. The number of pyridine rings is 1. The zero-order valence-corrected chi connectivity index (χ0v) is 16.0. The van der Waals surface area contributed by atoms with Gasteiger partial charge >= 0.3 is 6.09 Å². The van der Waals surface area contributed by atoms with Crippen LogP contribution >= 0.6 is 0 Å². The van der Waals surface area contributed by atoms with Gasteiger partial charge in [-0.1, -0.05) is 18.2 Å². The molecule has 0 bridgehead atoms. The Kier molecular flexibility index (Phi) is 5.17. The van der Waals surface area contributed by atoms with E-state index in [9.17, 15) is 14.7 Å². The van der Waals surface area contributed by atoms with Gasteiger partial charge in [0.25, 0.3) is 0 Å². The summed E-state index contributed by atoms with van der Waals surface area (Å²) >= 11 is 0. The number of hydrogen-bond acceptors (Lipinski definition) is 3. The van der Waals surface area contributed by atoms with E-state index < -0.39 is 11.6 Å². The van der Waals surface area contributed by atoms with E-state index in [4.69, 9.17) is 0 Å². The quantitative estimate of drug-likeness (QED) is 0.664. The van der Waals surface area contributed by atoms with E-state index in [0.717, 1.165) is 11.3 Å². The molecule has 2 N–H and O–H groups in total. The summed E-state index contributed by atoms with van der Waals surface area (Å²) in [7, 11) is 0. The van der Waals surface area contributed by atoms with Crippen molar-refractivity contribution in [2.75, 3.05) is 10.2 Å². The third kappa shape index (κ3) is 4.03. The minimum Gasteiger partial charge on any atom is -0.465 e. The lowest BCUT2D eigenvalue weighted by Gasteiger charge is -2.34. The Hall–Kier alpha value is -3.61. The number of rotatable bonds is 4. The molecule has 0 aliphatic heterocycles. The number of fused-ring (bicyclic) bond motifs is 1. The Bertz CT molecular complexity index is 1050. The summed E-state index contributed by atoms with van der Waals surface area (Å²) in [6.07, 6.45) is 5.52. The molecule has 0 radical (unpaired) electrons. The molecule has 0 unspecified atom stereocenters. The lowest BCUT2D eigenvalue weighted by molar-refractivity contribution is -0.111. The van der Waals surface area contributed by atoms with Crippen molar-refractivity contribution in [1.82, 2.24) is 9.38 Å². The number of benzene rings is 1. The third-order valence-electron chi connectivity index (χ3n) is 4.12. The maximum atomic E-state index is 12.4. The van der Waals surface area contributed by atoms with E-state index >= 15 is 0 Å². The molecule has 3 aromatic rings. The van der Waals surface area contributed by atoms with Gasteiger partial charge in [-0.05, 0) is 51.1 Å². The fourth-order valence-electron chi connectivity index (χ4n) is 2.94. The summed E-state index contributed by atoms with van der Waals surface area (Å²) < 4.78 is 1.86. The molecule has 3 rings (SSSR count). The largest absolute Gasteiger partial charge is 0.465 e. The van der Waals surface area contributed by atoms with Gasteiger partial charge < -0.3 is 14.8 Å². The maximum absolute atomic E-state index is 12.4. The highest BCUT2D eigenvalue weighted by molar-refractivity contribution is 6.05. The molecule has 2 amide bonds. The van der Waals surface area contributed by atoms with E-state index in [-0.39, 0.29) is 5.91 Å². The van der Waals surface area contributed by atoms with Crippen molar-refractivity contribution in [1.29, 1.82) is 0 Å². The van der Waals surface area contributed by atoms with Gasteiger partial charge in [0.2, 0.25) is 5.91 Å². The summed E-state index contributed by atoms with van der Waals surface area (Å²) in [5.74, 6) is -0.363. The molecule has 144 valence electrons. The molecular formula is C21H22N4O3. The minimum absolute atomic E-state index is 0.363. The maximum Gasteiger partial charge on any atom is 0.412 e. The number of nitrogens with one attached hydrogen (secondary N) is 1. The first-order valence-corrected chi connectivity index (χ1v) is 8.81. The topological polar surface area (TPSA) is 86.9 Å². The van der Waals surface area contributed by atoms with Crippen molar-refractivity contribution in [3.05, 3.63) is 66.6 Å². The molecule has 2 heterocycles. The van der Waals surface area contributed by atoms with E-state index in [1.165, 1.54) is 11.0 Å². The van der Waals surface area contributed by atoms with Crippen molar-refractivity contribution >= 4 is 35.1 Å². The number of aromatic nitrogens is 2. The van der Waals surface area contributed by atoms with E-state index in [1.54, 1.807) is 57.3 Å². The van der Waals surface area contributed by atoms with Crippen LogP contribution in [0, 0.1) is 0 Å². The van der Waals surface area contributed by atoms with Gasteiger partial charge in [0.1, 0.15) is 5.65 Å². The Labute approximate surface area is 162 Å². The molecule has 0 saturated heterocycles. The summed E-state index contributed by atoms with van der Waals surface area (Å²) in [5, 5.41) is 12.4. The predicted molar refractivity (Wildman–Crippen MR) is 110 cm³/mol. The van der Waals surface area contributed by atoms with Crippen molar-refractivity contribution < 1.29 is 14.7 Å². The number of carboxylic acid groups (broad SMARTS) is 1. The van der Waals surface area contributed by atoms with Crippen LogP contribution < -0.4 is 10.2 Å². The van der Waals surface area contributed by atoms with E-state index in [1.807, 2.05) is 28.8 Å². The summed E-state index contributed by atoms with van der Waals surface area (Å²) in [5.41, 5.74) is 1.72. The standard InChI is InChI=1S/C21H22N4O3/c1-21(2,3)25(20(27)28)17-9-5-4-8-16(17)23-19(26)12-11-15-14-22-18-10-6-7-13-24(15)18/h4-14H,1-3H3,(H,23,26)(H,27,28)/b12-11+. The van der Waals surface area contributed by atoms with Gasteiger partial charge in [-0.2, -0.15) is 0 Å². The van der Waals surface area contributed by atoms with Gasteiger partial charge in [0, 0.05) is 17.8 Å². The van der Waals surface area contributed by atoms with Crippen LogP contribution in [-0.2, 0) is 4.79 Å². The Morgan fingerprint density at radius 2 is 1.86 bits per heavy atom. The molecule has 0 saturated carbocycles. The number of amides is 2. The van der Waals surface area contributed by atoms with Gasteiger partial charge in [-0.25, -0.2) is 9.78 Å². The first kappa shape index (κ1) is 19.2. The van der Waals surface area contributed by atoms with Crippen molar-refractivity contribution in [2.24, 2.45) is 0 Å². The van der Waals surface area contributed by atoms with E-state index in [0.29, 0.717) is 11.4 Å². The Morgan fingerprint density at radius 1 is 1.14 bits per heavy atom. The molecule has 2 aromatic heterocycles. The number of para-hydroxylation sites is 2. The van der Waals surface area contributed by atoms with Crippen molar-refractivity contribution in [2.45, 2.75) is 26.3 Å². The highest BCUT2D eigenvalue weighted by Gasteiger charge is 2.29. The zero-order valence-electron chi connectivity index (χ0n) is 16.0. The molecule has 0 atom stereocenters. The fraction of sp³-hybridized carbons (Fsp3) is 0.190. The number of anilines is 2. The highest BCUT2D eigenvalue weighted by Crippen LogP contribution is 2.31. The third-order valence-corrected chi connectivity index (χ3v) is 4.12. The highest BCUT2D eigenvalue weighted by atomic mass is 16.4. The number of imidazole rings is 1. The molecule has 28 heavy (non-hydrogen) atoms. The molecule has 0 aliphatic carbocycles. The number of carbonyl (C=O) groups excluding carboxylic acids is 1. The Morgan fingerprint density at radius 3 is 2.57 bits per heavy atom. The molecule has 7 heteroatoms. The molecule has 0 aliphatic rings. The van der Waals surface area contributed by atoms with Crippen LogP contribution in [0.5, 0.6) is 0 Å². The van der Waals surface area contributed by atoms with Crippen molar-refractivity contribution in [3.63, 3.8) is 0 Å². The monoisotopic (exact) mass is 378 g/mol. The minimum atomic E-state index is -1.09. The second kappa shape index (κ2) is 7.56. The summed E-state index contributed by atoms with van der Waals surface area (Å²) in [6, 6.07) is 12.5. The second-order valence-electron chi connectivity index (χ2n) is 7.24. The SMILES string of the molecule is CC(C)(C)N(C(=O)O)c1ccccc1NC(=O)/C=C/c1cnc2ccccn12. The molecular weight excluding hydrogens is 356 g/mol. The zero-order chi connectivity index (χ0) is 20.3. The van der Waals surface area contributed by atoms with Crippen LogP contribution in [0.15, 0.2) is 60.9 Å². The van der Waals surface area contributed by atoms with Gasteiger partial charge in [0.15, 0.2) is 0 Å².